The van der Waals surface area contributed by atoms with Crippen LogP contribution < -0.4 is 38.1 Å². The topological polar surface area (TPSA) is 243 Å². The van der Waals surface area contributed by atoms with Crippen LogP contribution in [-0.4, -0.2) is 81.7 Å². The second kappa shape index (κ2) is 24.9. The van der Waals surface area contributed by atoms with E-state index in [4.69, 9.17) is 11.5 Å². The molecule has 4 fully saturated rings. The highest BCUT2D eigenvalue weighted by atomic mass is 16.2. The number of nitrogens with one attached hydrogen (secondary N) is 6. The first kappa shape index (κ1) is 56.1. The third-order valence-electron chi connectivity index (χ3n) is 18.6. The van der Waals surface area contributed by atoms with Gasteiger partial charge in [0.25, 0.3) is 0 Å². The van der Waals surface area contributed by atoms with E-state index in [1.807, 2.05) is 72.8 Å². The van der Waals surface area contributed by atoms with Crippen molar-refractivity contribution in [2.75, 3.05) is 6.54 Å². The lowest BCUT2D eigenvalue weighted by Gasteiger charge is -2.60. The summed E-state index contributed by atoms with van der Waals surface area (Å²) in [7, 11) is 0. The summed E-state index contributed by atoms with van der Waals surface area (Å²) in [4.78, 5) is 89.4. The van der Waals surface area contributed by atoms with Gasteiger partial charge >= 0.3 is 0 Å². The number of carbonyl (C=O) groups is 6. The van der Waals surface area contributed by atoms with E-state index in [0.717, 1.165) is 58.4 Å². The molecule has 15 nitrogen and oxygen atoms in total. The number of primary amides is 1. The fourth-order valence-electron chi connectivity index (χ4n) is 14.3. The lowest BCUT2D eigenvalue weighted by Crippen LogP contribution is -2.60. The minimum absolute atomic E-state index is 0.0264. The van der Waals surface area contributed by atoms with Crippen molar-refractivity contribution in [1.82, 2.24) is 36.6 Å². The first-order chi connectivity index (χ1) is 36.4. The van der Waals surface area contributed by atoms with Crippen molar-refractivity contribution in [2.24, 2.45) is 51.9 Å². The number of nitrogens with zero attached hydrogens (tertiary/aromatic N) is 1. The van der Waals surface area contributed by atoms with Crippen molar-refractivity contribution in [3.8, 4) is 0 Å². The molecule has 4 saturated carbocycles. The average molecular weight is 1040 g/mol. The summed E-state index contributed by atoms with van der Waals surface area (Å²) in [6, 6.07) is 18.1. The quantitative estimate of drug-likeness (QED) is 0.0332. The fraction of sp³-hybridized carbons (Fsp3) is 0.590. The van der Waals surface area contributed by atoms with Crippen LogP contribution in [0.25, 0.3) is 10.8 Å². The third kappa shape index (κ3) is 13.7. The summed E-state index contributed by atoms with van der Waals surface area (Å²) in [6.07, 6.45) is 20.9. The normalized spacial score (nSPS) is 25.6. The molecule has 4 aliphatic rings. The number of fused-ring (bicyclic) bond motifs is 6. The Morgan fingerprint density at radius 2 is 1.36 bits per heavy atom. The van der Waals surface area contributed by atoms with E-state index in [9.17, 15) is 28.8 Å². The molecule has 1 heterocycles. The van der Waals surface area contributed by atoms with Gasteiger partial charge in [0.1, 0.15) is 24.2 Å². The second-order valence-electron chi connectivity index (χ2n) is 24.1. The van der Waals surface area contributed by atoms with Crippen LogP contribution in [0.5, 0.6) is 0 Å². The van der Waals surface area contributed by atoms with Crippen LogP contribution in [0.1, 0.15) is 147 Å². The molecule has 4 aliphatic carbocycles. The van der Waals surface area contributed by atoms with Gasteiger partial charge in [-0.3, -0.25) is 28.8 Å². The number of nitrogens with two attached hydrogens (primary N) is 2. The van der Waals surface area contributed by atoms with E-state index in [2.05, 4.69) is 50.4 Å². The molecule has 0 aliphatic heterocycles. The van der Waals surface area contributed by atoms with Gasteiger partial charge < -0.3 is 43.0 Å². The van der Waals surface area contributed by atoms with Crippen molar-refractivity contribution in [1.29, 1.82) is 0 Å². The SMILES string of the molecule is CC(C)(N)C(=O)N[C@@H](Cc1cnc[nH]1)C(=O)NC(Cc1ccc2ccccc2c1)C(=O)N[C@H](Cc1ccccc1)C(=O)N[C@@H](CCCCNC(=O)CCCC1CCC2C3CCC4CCCC[C@]4(C)C3CCC12C)C(N)=O. The van der Waals surface area contributed by atoms with Gasteiger partial charge in [0, 0.05) is 44.1 Å². The van der Waals surface area contributed by atoms with Crippen LogP contribution in [-0.2, 0) is 48.0 Å². The van der Waals surface area contributed by atoms with Crippen molar-refractivity contribution >= 4 is 46.2 Å². The largest absolute Gasteiger partial charge is 0.368 e. The summed E-state index contributed by atoms with van der Waals surface area (Å²) < 4.78 is 0. The molecule has 15 heteroatoms. The van der Waals surface area contributed by atoms with Crippen molar-refractivity contribution < 1.29 is 28.8 Å². The molecule has 1 aromatic heterocycles. The smallest absolute Gasteiger partial charge is 0.243 e. The average Bonchev–Trinajstić information content (AvgIpc) is 4.09. The maximum absolute atomic E-state index is 14.6. The molecule has 11 atom stereocenters. The summed E-state index contributed by atoms with van der Waals surface area (Å²) in [5, 5.41) is 16.3. The van der Waals surface area contributed by atoms with Crippen LogP contribution in [0.15, 0.2) is 85.3 Å². The van der Waals surface area contributed by atoms with Gasteiger partial charge in [0.15, 0.2) is 0 Å². The second-order valence-corrected chi connectivity index (χ2v) is 24.1. The number of aromatic amines is 1. The van der Waals surface area contributed by atoms with Crippen LogP contribution in [0.2, 0.25) is 0 Å². The number of aromatic nitrogens is 2. The van der Waals surface area contributed by atoms with E-state index < -0.39 is 59.2 Å². The minimum Gasteiger partial charge on any atom is -0.368 e. The van der Waals surface area contributed by atoms with E-state index in [1.165, 1.54) is 90.6 Å². The monoisotopic (exact) mass is 1040 g/mol. The Balaban J connectivity index is 0.857. The van der Waals surface area contributed by atoms with Gasteiger partial charge in [-0.15, -0.1) is 0 Å². The Kier molecular flexibility index (Phi) is 18.4. The standard InChI is InChI=1S/C61H85N9O6/c1-59(2,63)58(76)70-52(36-45-37-64-38-66-45)57(75)69-51(35-40-23-24-41-17-8-9-18-42(41)33-40)56(74)68-50(34-39-15-6-5-7-16-39)55(73)67-49(54(62)72)21-11-13-32-65-53(71)22-14-20-44-26-28-47-46-27-25-43-19-10-12-30-60(43,3)48(46)29-31-61(44,47)4/h5-9,15-18,23-24,33,37-38,43-44,46-52H,10-14,19-22,25-32,34-36,63H2,1-4H3,(H2,62,72)(H,64,66)(H,65,71)(H,67,73)(H,68,74)(H,69,75)(H,70,76)/t43?,44?,46?,47?,48?,49-,50+,51?,52-,60-,61?/m0/s1. The van der Waals surface area contributed by atoms with E-state index >= 15 is 0 Å². The minimum atomic E-state index is -1.31. The number of carbonyl (C=O) groups excluding carboxylic acids is 6. The first-order valence-electron chi connectivity index (χ1n) is 28.5. The predicted octanol–water partition coefficient (Wildman–Crippen LogP) is 7.26. The molecule has 7 unspecified atom stereocenters. The molecule has 76 heavy (non-hydrogen) atoms. The summed E-state index contributed by atoms with van der Waals surface area (Å²) in [5.74, 6) is 1.03. The summed E-state index contributed by atoms with van der Waals surface area (Å²) in [5.41, 5.74) is 13.7. The number of hydrogen-bond acceptors (Lipinski definition) is 8. The molecule has 0 saturated heterocycles. The number of hydrogen-bond donors (Lipinski definition) is 8. The molecule has 0 radical (unpaired) electrons. The zero-order valence-corrected chi connectivity index (χ0v) is 45.5. The van der Waals surface area contributed by atoms with E-state index in [0.29, 0.717) is 48.2 Å². The first-order valence-corrected chi connectivity index (χ1v) is 28.5. The fourth-order valence-corrected chi connectivity index (χ4v) is 14.3. The Hall–Kier alpha value is -6.09. The Bertz CT molecular complexity index is 2640. The number of amides is 6. The molecule has 0 bridgehead atoms. The van der Waals surface area contributed by atoms with Crippen LogP contribution in [0, 0.1) is 40.4 Å². The molecule has 10 N–H and O–H groups in total. The Morgan fingerprint density at radius 3 is 2.05 bits per heavy atom. The lowest BCUT2D eigenvalue weighted by atomic mass is 9.45. The molecule has 0 spiro atoms. The Morgan fingerprint density at radius 1 is 0.684 bits per heavy atom. The zero-order valence-electron chi connectivity index (χ0n) is 45.5. The highest BCUT2D eigenvalue weighted by Crippen LogP contribution is 2.68. The highest BCUT2D eigenvalue weighted by molar-refractivity contribution is 5.96. The molecule has 4 aromatic rings. The van der Waals surface area contributed by atoms with E-state index in [1.54, 1.807) is 0 Å². The van der Waals surface area contributed by atoms with Gasteiger partial charge in [0.05, 0.1) is 11.9 Å². The van der Waals surface area contributed by atoms with E-state index in [-0.39, 0.29) is 31.6 Å². The molecule has 410 valence electrons. The molecule has 8 rings (SSSR count). The van der Waals surface area contributed by atoms with Crippen LogP contribution in [0.4, 0.5) is 0 Å². The van der Waals surface area contributed by atoms with Crippen LogP contribution >= 0.6 is 0 Å². The third-order valence-corrected chi connectivity index (χ3v) is 18.6. The Labute approximate surface area is 449 Å². The van der Waals surface area contributed by atoms with Gasteiger partial charge in [-0.1, -0.05) is 99.5 Å². The number of benzene rings is 3. The molecular formula is C61H85N9O6. The number of imidazole rings is 1. The number of unbranched alkanes of at least 4 members (excludes halogenated alkanes) is 1. The van der Waals surface area contributed by atoms with Gasteiger partial charge in [-0.25, -0.2) is 4.98 Å². The molecule has 6 amide bonds. The lowest BCUT2D eigenvalue weighted by molar-refractivity contribution is -0.134. The predicted molar refractivity (Wildman–Crippen MR) is 296 cm³/mol. The summed E-state index contributed by atoms with van der Waals surface area (Å²) >= 11 is 0. The van der Waals surface area contributed by atoms with Crippen molar-refractivity contribution in [3.63, 3.8) is 0 Å². The zero-order chi connectivity index (χ0) is 54.0. The maximum atomic E-state index is 14.6. The van der Waals surface area contributed by atoms with Crippen LogP contribution in [0.3, 0.4) is 0 Å². The molecule has 3 aromatic carbocycles. The number of rotatable bonds is 24. The van der Waals surface area contributed by atoms with Gasteiger partial charge in [-0.05, 0) is 160 Å². The number of H-pyrrole nitrogens is 1. The molecular weight excluding hydrogens is 955 g/mol. The highest BCUT2D eigenvalue weighted by Gasteiger charge is 2.59. The maximum Gasteiger partial charge on any atom is 0.243 e. The van der Waals surface area contributed by atoms with Gasteiger partial charge in [0.2, 0.25) is 35.4 Å². The van der Waals surface area contributed by atoms with Crippen molar-refractivity contribution in [3.05, 3.63) is 102 Å². The van der Waals surface area contributed by atoms with Gasteiger partial charge in [-0.2, -0.15) is 0 Å². The van der Waals surface area contributed by atoms with Crippen molar-refractivity contribution in [2.45, 2.75) is 179 Å². The summed E-state index contributed by atoms with van der Waals surface area (Å²) in [6.45, 7) is 8.73.